The average Bonchev–Trinajstić information content (AvgIpc) is 2.52. The average molecular weight is 296 g/mol. The van der Waals surface area contributed by atoms with Crippen LogP contribution < -0.4 is 0 Å². The van der Waals surface area contributed by atoms with Crippen LogP contribution in [0.5, 0.6) is 0 Å². The number of hydrogen-bond donors (Lipinski definition) is 3. The summed E-state index contributed by atoms with van der Waals surface area (Å²) in [5.41, 5.74) is 1.10. The molecule has 1 aromatic rings. The highest BCUT2D eigenvalue weighted by Gasteiger charge is 2.30. The third kappa shape index (κ3) is 5.75. The predicted molar refractivity (Wildman–Crippen MR) is 82.7 cm³/mol. The molecular formula is C17H28O4. The molecule has 1 aromatic carbocycles. The molecular weight excluding hydrogens is 268 g/mol. The van der Waals surface area contributed by atoms with E-state index >= 15 is 0 Å². The Hall–Kier alpha value is -0.940. The van der Waals surface area contributed by atoms with E-state index in [1.807, 2.05) is 37.3 Å². The maximum atomic E-state index is 10.3. The molecule has 3 N–H and O–H groups in total. The highest BCUT2D eigenvalue weighted by molar-refractivity contribution is 5.13. The van der Waals surface area contributed by atoms with Gasteiger partial charge in [-0.3, -0.25) is 0 Å². The molecule has 4 heteroatoms. The molecule has 0 aliphatic carbocycles. The number of aliphatic hydroxyl groups excluding tert-OH is 3. The minimum absolute atomic E-state index is 0.0794. The van der Waals surface area contributed by atoms with Crippen LogP contribution in [0.1, 0.15) is 26.3 Å². The molecule has 0 saturated carbocycles. The maximum Gasteiger partial charge on any atom is 0.0717 e. The number of hydrogen-bond acceptors (Lipinski definition) is 4. The van der Waals surface area contributed by atoms with E-state index in [0.29, 0.717) is 13.2 Å². The van der Waals surface area contributed by atoms with Crippen molar-refractivity contribution in [3.8, 4) is 0 Å². The summed E-state index contributed by atoms with van der Waals surface area (Å²) in [4.78, 5) is 0. The largest absolute Gasteiger partial charge is 0.396 e. The van der Waals surface area contributed by atoms with Crippen LogP contribution >= 0.6 is 0 Å². The van der Waals surface area contributed by atoms with Crippen LogP contribution in [0.25, 0.3) is 0 Å². The molecule has 0 unspecified atom stereocenters. The number of ether oxygens (including phenoxy) is 1. The quantitative estimate of drug-likeness (QED) is 0.650. The topological polar surface area (TPSA) is 69.9 Å². The van der Waals surface area contributed by atoms with Crippen molar-refractivity contribution in [2.45, 2.75) is 39.6 Å². The third-order valence-electron chi connectivity index (χ3n) is 4.02. The van der Waals surface area contributed by atoms with Gasteiger partial charge in [0, 0.05) is 24.4 Å². The van der Waals surface area contributed by atoms with Crippen molar-refractivity contribution in [2.24, 2.45) is 17.8 Å². The van der Waals surface area contributed by atoms with E-state index in [4.69, 9.17) is 9.84 Å². The lowest BCUT2D eigenvalue weighted by Gasteiger charge is -2.31. The predicted octanol–water partition coefficient (Wildman–Crippen LogP) is 1.83. The van der Waals surface area contributed by atoms with Gasteiger partial charge >= 0.3 is 0 Å². The number of aliphatic hydroxyl groups is 3. The molecule has 5 atom stereocenters. The Kier molecular flexibility index (Phi) is 7.89. The van der Waals surface area contributed by atoms with Crippen LogP contribution in [0.3, 0.4) is 0 Å². The van der Waals surface area contributed by atoms with Gasteiger partial charge in [-0.1, -0.05) is 51.1 Å². The summed E-state index contributed by atoms with van der Waals surface area (Å²) in [6.07, 6.45) is -1.38. The van der Waals surface area contributed by atoms with Gasteiger partial charge in [-0.05, 0) is 5.56 Å². The van der Waals surface area contributed by atoms with E-state index in [-0.39, 0.29) is 24.4 Å². The normalized spacial score (nSPS) is 18.8. The second-order valence-corrected chi connectivity index (χ2v) is 5.98. The van der Waals surface area contributed by atoms with E-state index in [0.717, 1.165) is 5.56 Å². The lowest BCUT2D eigenvalue weighted by molar-refractivity contribution is -0.0556. The van der Waals surface area contributed by atoms with E-state index in [9.17, 15) is 10.2 Å². The second-order valence-electron chi connectivity index (χ2n) is 5.98. The SMILES string of the molecule is C[C@H]([C@@H](O)[C@@H](C)CO)[C@H](O)[C@@H](C)COCc1ccccc1. The first-order valence-corrected chi connectivity index (χ1v) is 7.56. The van der Waals surface area contributed by atoms with Gasteiger partial charge in [0.15, 0.2) is 0 Å². The van der Waals surface area contributed by atoms with Gasteiger partial charge in [-0.2, -0.15) is 0 Å². The Morgan fingerprint density at radius 2 is 1.52 bits per heavy atom. The van der Waals surface area contributed by atoms with Gasteiger partial charge in [-0.25, -0.2) is 0 Å². The van der Waals surface area contributed by atoms with E-state index in [2.05, 4.69) is 0 Å². The van der Waals surface area contributed by atoms with Crippen LogP contribution in [-0.4, -0.2) is 40.7 Å². The molecule has 0 radical (unpaired) electrons. The Labute approximate surface area is 127 Å². The van der Waals surface area contributed by atoms with Crippen molar-refractivity contribution in [1.82, 2.24) is 0 Å². The molecule has 120 valence electrons. The fourth-order valence-corrected chi connectivity index (χ4v) is 2.38. The van der Waals surface area contributed by atoms with Gasteiger partial charge < -0.3 is 20.1 Å². The zero-order chi connectivity index (χ0) is 15.8. The van der Waals surface area contributed by atoms with Crippen molar-refractivity contribution in [3.63, 3.8) is 0 Å². The van der Waals surface area contributed by atoms with Crippen molar-refractivity contribution < 1.29 is 20.1 Å². The molecule has 0 bridgehead atoms. The lowest BCUT2D eigenvalue weighted by atomic mass is 9.85. The number of benzene rings is 1. The molecule has 0 heterocycles. The molecule has 21 heavy (non-hydrogen) atoms. The van der Waals surface area contributed by atoms with Crippen LogP contribution in [0, 0.1) is 17.8 Å². The zero-order valence-electron chi connectivity index (χ0n) is 13.1. The number of rotatable bonds is 9. The smallest absolute Gasteiger partial charge is 0.0717 e. The zero-order valence-corrected chi connectivity index (χ0v) is 13.1. The second kappa shape index (κ2) is 9.15. The fraction of sp³-hybridized carbons (Fsp3) is 0.647. The Balaban J connectivity index is 2.38. The van der Waals surface area contributed by atoms with Crippen molar-refractivity contribution in [2.75, 3.05) is 13.2 Å². The highest BCUT2D eigenvalue weighted by atomic mass is 16.5. The molecule has 0 aliphatic heterocycles. The Bertz CT molecular complexity index is 382. The molecule has 1 rings (SSSR count). The summed E-state index contributed by atoms with van der Waals surface area (Å²) < 4.78 is 5.63. The lowest BCUT2D eigenvalue weighted by Crippen LogP contribution is -2.39. The van der Waals surface area contributed by atoms with Gasteiger partial charge in [-0.15, -0.1) is 0 Å². The first-order valence-electron chi connectivity index (χ1n) is 7.56. The van der Waals surface area contributed by atoms with Crippen molar-refractivity contribution in [1.29, 1.82) is 0 Å². The van der Waals surface area contributed by atoms with E-state index in [1.54, 1.807) is 13.8 Å². The molecule has 0 amide bonds. The fourth-order valence-electron chi connectivity index (χ4n) is 2.38. The maximum absolute atomic E-state index is 10.3. The van der Waals surface area contributed by atoms with Gasteiger partial charge in [0.2, 0.25) is 0 Å². The Morgan fingerprint density at radius 3 is 2.10 bits per heavy atom. The van der Waals surface area contributed by atoms with Crippen molar-refractivity contribution in [3.05, 3.63) is 35.9 Å². The van der Waals surface area contributed by atoms with Gasteiger partial charge in [0.25, 0.3) is 0 Å². The summed E-state index contributed by atoms with van der Waals surface area (Å²) in [6, 6.07) is 9.88. The molecule has 0 spiro atoms. The Morgan fingerprint density at radius 1 is 0.952 bits per heavy atom. The van der Waals surface area contributed by atoms with E-state index in [1.165, 1.54) is 0 Å². The summed E-state index contributed by atoms with van der Waals surface area (Å²) in [6.45, 7) is 6.34. The first-order chi connectivity index (χ1) is 9.97. The summed E-state index contributed by atoms with van der Waals surface area (Å²) in [5.74, 6) is -0.626. The monoisotopic (exact) mass is 296 g/mol. The molecule has 4 nitrogen and oxygen atoms in total. The summed E-state index contributed by atoms with van der Waals surface area (Å²) in [5, 5.41) is 29.4. The van der Waals surface area contributed by atoms with E-state index < -0.39 is 12.2 Å². The summed E-state index contributed by atoms with van der Waals surface area (Å²) in [7, 11) is 0. The van der Waals surface area contributed by atoms with Crippen LogP contribution in [0.2, 0.25) is 0 Å². The molecule has 0 aromatic heterocycles. The first kappa shape index (κ1) is 18.1. The standard InChI is InChI=1S/C17H28O4/c1-12(9-18)16(19)14(3)17(20)13(2)10-21-11-15-7-5-4-6-8-15/h4-8,12-14,16-20H,9-11H2,1-3H3/t12-,13-,14+,16-,17+/m0/s1. The van der Waals surface area contributed by atoms with Crippen LogP contribution in [0.4, 0.5) is 0 Å². The van der Waals surface area contributed by atoms with Crippen LogP contribution in [-0.2, 0) is 11.3 Å². The minimum atomic E-state index is -0.721. The molecule has 0 aliphatic rings. The molecule has 0 fully saturated rings. The van der Waals surface area contributed by atoms with Gasteiger partial charge in [0.05, 0.1) is 25.4 Å². The summed E-state index contributed by atoms with van der Waals surface area (Å²) >= 11 is 0. The highest BCUT2D eigenvalue weighted by Crippen LogP contribution is 2.21. The van der Waals surface area contributed by atoms with Gasteiger partial charge in [0.1, 0.15) is 0 Å². The molecule has 0 saturated heterocycles. The third-order valence-corrected chi connectivity index (χ3v) is 4.02. The van der Waals surface area contributed by atoms with Crippen LogP contribution in [0.15, 0.2) is 30.3 Å². The van der Waals surface area contributed by atoms with Crippen molar-refractivity contribution >= 4 is 0 Å². The minimum Gasteiger partial charge on any atom is -0.396 e.